The third-order valence-corrected chi connectivity index (χ3v) is 6.26. The minimum atomic E-state index is -1.11. The lowest BCUT2D eigenvalue weighted by molar-refractivity contribution is -0.117. The number of fused-ring (bicyclic) bond motifs is 2. The Bertz CT molecular complexity index is 1560. The molecule has 1 aliphatic rings. The Morgan fingerprint density at radius 1 is 1.35 bits per heavy atom. The molecular weight excluding hydrogens is 470 g/mol. The predicted octanol–water partition coefficient (Wildman–Crippen LogP) is 2.96. The van der Waals surface area contributed by atoms with Crippen LogP contribution in [-0.2, 0) is 4.79 Å². The summed E-state index contributed by atoms with van der Waals surface area (Å²) in [5.74, 6) is -1.44. The molecule has 1 aliphatic carbocycles. The van der Waals surface area contributed by atoms with E-state index in [4.69, 9.17) is 11.6 Å². The highest BCUT2D eigenvalue weighted by Crippen LogP contribution is 2.41. The van der Waals surface area contributed by atoms with Gasteiger partial charge >= 0.3 is 0 Å². The van der Waals surface area contributed by atoms with Crippen LogP contribution in [0.4, 0.5) is 14.6 Å². The highest BCUT2D eigenvalue weighted by molar-refractivity contribution is 6.35. The van der Waals surface area contributed by atoms with E-state index in [1.54, 1.807) is 29.9 Å². The van der Waals surface area contributed by atoms with Crippen LogP contribution in [0.25, 0.3) is 27.8 Å². The van der Waals surface area contributed by atoms with Gasteiger partial charge in [-0.05, 0) is 23.8 Å². The molecule has 14 heteroatoms. The maximum absolute atomic E-state index is 15.6. The standard InChI is InChI=1S/C20H15ClF2N10O/c1-8(33-7-26-30-31-33)15-18(23)17(21)16(10-3-25-29-19(10)15)12-5-32-6-13(27-14(32)4-24-12)28-20(34)9-2-11(9)22/h3-9,11H,2H2,1H3,(H,25,29)(H,28,34)/t8-,9?,11?/m0/s1. The zero-order chi connectivity index (χ0) is 23.6. The molecule has 0 aliphatic heterocycles. The van der Waals surface area contributed by atoms with Crippen molar-refractivity contribution >= 4 is 39.9 Å². The van der Waals surface area contributed by atoms with Gasteiger partial charge in [0, 0.05) is 22.7 Å². The number of benzene rings is 1. The maximum Gasteiger partial charge on any atom is 0.231 e. The van der Waals surface area contributed by atoms with Gasteiger partial charge in [-0.3, -0.25) is 14.9 Å². The summed E-state index contributed by atoms with van der Waals surface area (Å²) < 4.78 is 31.8. The minimum absolute atomic E-state index is 0.132. The molecule has 11 nitrogen and oxygen atoms in total. The lowest BCUT2D eigenvalue weighted by Crippen LogP contribution is -2.15. The first-order valence-electron chi connectivity index (χ1n) is 10.3. The fourth-order valence-electron chi connectivity index (χ4n) is 4.00. The van der Waals surface area contributed by atoms with E-state index in [2.05, 4.69) is 41.0 Å². The third kappa shape index (κ3) is 3.19. The molecule has 0 bridgehead atoms. The van der Waals surface area contributed by atoms with Gasteiger partial charge in [-0.25, -0.2) is 18.4 Å². The number of anilines is 1. The summed E-state index contributed by atoms with van der Waals surface area (Å²) in [6.45, 7) is 1.74. The largest absolute Gasteiger partial charge is 0.309 e. The van der Waals surface area contributed by atoms with Crippen LogP contribution in [0.15, 0.2) is 31.1 Å². The quantitative estimate of drug-likeness (QED) is 0.392. The van der Waals surface area contributed by atoms with Crippen LogP contribution in [0.1, 0.15) is 24.9 Å². The average Bonchev–Trinajstić information content (AvgIpc) is 3.26. The third-order valence-electron chi connectivity index (χ3n) is 5.90. The summed E-state index contributed by atoms with van der Waals surface area (Å²) in [4.78, 5) is 20.7. The Morgan fingerprint density at radius 2 is 2.18 bits per heavy atom. The van der Waals surface area contributed by atoms with Crippen molar-refractivity contribution in [3.63, 3.8) is 0 Å². The molecule has 172 valence electrons. The Kier molecular flexibility index (Phi) is 4.55. The molecular formula is C20H15ClF2N10O. The van der Waals surface area contributed by atoms with Crippen molar-refractivity contribution in [1.82, 2.24) is 44.8 Å². The second-order valence-corrected chi connectivity index (χ2v) is 8.43. The molecule has 5 aromatic rings. The number of aromatic nitrogens is 9. The van der Waals surface area contributed by atoms with Crippen molar-refractivity contribution in [2.45, 2.75) is 25.6 Å². The van der Waals surface area contributed by atoms with Gasteiger partial charge in [-0.1, -0.05) is 11.6 Å². The smallest absolute Gasteiger partial charge is 0.231 e. The molecule has 3 atom stereocenters. The van der Waals surface area contributed by atoms with Gasteiger partial charge in [0.15, 0.2) is 11.5 Å². The Hall–Kier alpha value is -4.00. The SMILES string of the molecule is C[C@@H](c1c(F)c(Cl)c(-c2cn3cc(NC(=O)C4CC4F)nc3cn2)c2cn[nH]c12)n1cnnn1. The molecule has 1 aromatic carbocycles. The fourth-order valence-corrected chi connectivity index (χ4v) is 4.30. The number of amides is 1. The minimum Gasteiger partial charge on any atom is -0.309 e. The molecule has 34 heavy (non-hydrogen) atoms. The molecule has 0 saturated heterocycles. The van der Waals surface area contributed by atoms with E-state index in [1.165, 1.54) is 17.2 Å². The topological polar surface area (TPSA) is 132 Å². The van der Waals surface area contributed by atoms with Gasteiger partial charge in [0.25, 0.3) is 0 Å². The molecule has 4 heterocycles. The molecule has 6 rings (SSSR count). The maximum atomic E-state index is 15.6. The van der Waals surface area contributed by atoms with E-state index in [0.29, 0.717) is 27.8 Å². The van der Waals surface area contributed by atoms with Crippen LogP contribution in [0.3, 0.4) is 0 Å². The summed E-state index contributed by atoms with van der Waals surface area (Å²) >= 11 is 6.52. The van der Waals surface area contributed by atoms with E-state index in [1.807, 2.05) is 0 Å². The number of H-pyrrole nitrogens is 1. The van der Waals surface area contributed by atoms with Crippen LogP contribution in [-0.4, -0.2) is 56.9 Å². The molecule has 2 unspecified atom stereocenters. The number of hydrogen-bond donors (Lipinski definition) is 2. The first-order valence-corrected chi connectivity index (χ1v) is 10.7. The van der Waals surface area contributed by atoms with Gasteiger partial charge in [-0.15, -0.1) is 5.10 Å². The lowest BCUT2D eigenvalue weighted by atomic mass is 9.98. The molecule has 0 radical (unpaired) electrons. The first kappa shape index (κ1) is 20.6. The van der Waals surface area contributed by atoms with Gasteiger partial charge in [-0.2, -0.15) is 5.10 Å². The van der Waals surface area contributed by atoms with Crippen molar-refractivity contribution < 1.29 is 13.6 Å². The van der Waals surface area contributed by atoms with Gasteiger partial charge < -0.3 is 9.72 Å². The van der Waals surface area contributed by atoms with Crippen LogP contribution in [0.2, 0.25) is 5.02 Å². The predicted molar refractivity (Wildman–Crippen MR) is 116 cm³/mol. The normalized spacial score (nSPS) is 18.5. The number of halogens is 3. The van der Waals surface area contributed by atoms with Gasteiger partial charge in [0.1, 0.15) is 18.3 Å². The zero-order valence-electron chi connectivity index (χ0n) is 17.4. The van der Waals surface area contributed by atoms with Crippen LogP contribution < -0.4 is 5.32 Å². The lowest BCUT2D eigenvalue weighted by Gasteiger charge is -2.16. The highest BCUT2D eigenvalue weighted by atomic mass is 35.5. The van der Waals surface area contributed by atoms with Crippen LogP contribution >= 0.6 is 11.6 Å². The fraction of sp³-hybridized carbons (Fsp3) is 0.250. The highest BCUT2D eigenvalue weighted by Gasteiger charge is 2.43. The molecule has 1 amide bonds. The summed E-state index contributed by atoms with van der Waals surface area (Å²) in [6, 6.07) is -0.560. The van der Waals surface area contributed by atoms with Crippen molar-refractivity contribution in [3.05, 3.63) is 47.5 Å². The average molecular weight is 485 g/mol. The number of tetrazole rings is 1. The Balaban J connectivity index is 1.43. The second-order valence-electron chi connectivity index (χ2n) is 8.05. The Morgan fingerprint density at radius 3 is 2.91 bits per heavy atom. The zero-order valence-corrected chi connectivity index (χ0v) is 18.2. The summed E-state index contributed by atoms with van der Waals surface area (Å²) in [7, 11) is 0. The number of nitrogens with zero attached hydrogens (tertiary/aromatic N) is 8. The molecule has 1 fully saturated rings. The van der Waals surface area contributed by atoms with E-state index in [-0.39, 0.29) is 22.8 Å². The summed E-state index contributed by atoms with van der Waals surface area (Å²) in [6.07, 6.45) is 6.70. The number of carbonyl (C=O) groups excluding carboxylic acids is 1. The van der Waals surface area contributed by atoms with Crippen molar-refractivity contribution in [2.75, 3.05) is 5.32 Å². The van der Waals surface area contributed by atoms with E-state index in [0.717, 1.165) is 0 Å². The molecule has 1 saturated carbocycles. The number of rotatable bonds is 5. The number of hydrogen-bond acceptors (Lipinski definition) is 7. The summed E-state index contributed by atoms with van der Waals surface area (Å²) in [5.41, 5.74) is 1.84. The van der Waals surface area contributed by atoms with Gasteiger partial charge in [0.05, 0.1) is 46.8 Å². The molecule has 4 aromatic heterocycles. The summed E-state index contributed by atoms with van der Waals surface area (Å²) in [5, 5.41) is 21.0. The number of carbonyl (C=O) groups is 1. The monoisotopic (exact) mass is 484 g/mol. The second kappa shape index (κ2) is 7.52. The van der Waals surface area contributed by atoms with Crippen molar-refractivity contribution in [1.29, 1.82) is 0 Å². The van der Waals surface area contributed by atoms with E-state index in [9.17, 15) is 9.18 Å². The van der Waals surface area contributed by atoms with E-state index >= 15 is 4.39 Å². The number of nitrogens with one attached hydrogen (secondary N) is 2. The number of alkyl halides is 1. The first-order chi connectivity index (χ1) is 16.4. The number of imidazole rings is 1. The van der Waals surface area contributed by atoms with E-state index < -0.39 is 29.9 Å². The van der Waals surface area contributed by atoms with Crippen LogP contribution in [0, 0.1) is 11.7 Å². The Labute approximate surface area is 194 Å². The van der Waals surface area contributed by atoms with Crippen LogP contribution in [0.5, 0.6) is 0 Å². The number of aromatic amines is 1. The van der Waals surface area contributed by atoms with Crippen molar-refractivity contribution in [3.8, 4) is 11.3 Å². The van der Waals surface area contributed by atoms with Crippen molar-refractivity contribution in [2.24, 2.45) is 5.92 Å². The molecule has 0 spiro atoms. The van der Waals surface area contributed by atoms with Gasteiger partial charge in [0.2, 0.25) is 5.91 Å². The molecule has 2 N–H and O–H groups in total.